The van der Waals surface area contributed by atoms with Crippen molar-refractivity contribution in [2.75, 3.05) is 36.0 Å². The van der Waals surface area contributed by atoms with E-state index in [0.717, 1.165) is 13.0 Å². The van der Waals surface area contributed by atoms with Crippen LogP contribution in [0.1, 0.15) is 12.8 Å². The monoisotopic (exact) mass is 270 g/mol. The van der Waals surface area contributed by atoms with Crippen molar-refractivity contribution in [1.29, 1.82) is 0 Å². The highest BCUT2D eigenvalue weighted by molar-refractivity contribution is 5.40. The van der Waals surface area contributed by atoms with Crippen molar-refractivity contribution in [3.8, 4) is 0 Å². The molecule has 0 aromatic carbocycles. The van der Waals surface area contributed by atoms with Gasteiger partial charge in [0.15, 0.2) is 0 Å². The van der Waals surface area contributed by atoms with Gasteiger partial charge in [0.05, 0.1) is 6.54 Å². The highest BCUT2D eigenvalue weighted by atomic mass is 19.3. The maximum atomic E-state index is 13.2. The van der Waals surface area contributed by atoms with Gasteiger partial charge in [-0.25, -0.2) is 18.7 Å². The third-order valence-electron chi connectivity index (χ3n) is 3.51. The van der Waals surface area contributed by atoms with Gasteiger partial charge in [0.1, 0.15) is 6.33 Å². The van der Waals surface area contributed by atoms with E-state index in [1.54, 1.807) is 0 Å². The largest absolute Gasteiger partial charge is 0.339 e. The molecule has 2 aliphatic rings. The lowest BCUT2D eigenvalue weighted by molar-refractivity contribution is 0.0256. The molecule has 3 heterocycles. The Kier molecular flexibility index (Phi) is 2.96. The molecular formula is C11H16F2N6. The van der Waals surface area contributed by atoms with Crippen LogP contribution < -0.4 is 15.5 Å². The molecule has 2 aliphatic heterocycles. The number of rotatable bonds is 2. The summed E-state index contributed by atoms with van der Waals surface area (Å²) in [4.78, 5) is 15.8. The molecule has 0 aliphatic carbocycles. The molecule has 1 aromatic rings. The van der Waals surface area contributed by atoms with Gasteiger partial charge in [0, 0.05) is 32.1 Å². The van der Waals surface area contributed by atoms with Crippen LogP contribution in [0.5, 0.6) is 0 Å². The molecule has 0 saturated carbocycles. The number of alkyl halides is 2. The molecule has 3 rings (SSSR count). The molecule has 2 N–H and O–H groups in total. The Morgan fingerprint density at radius 1 is 1.21 bits per heavy atom. The maximum Gasteiger partial charge on any atom is 0.267 e. The minimum atomic E-state index is -2.65. The van der Waals surface area contributed by atoms with Gasteiger partial charge in [-0.05, 0) is 6.42 Å². The first-order valence-electron chi connectivity index (χ1n) is 6.36. The number of hydrogen-bond donors (Lipinski definition) is 1. The Balaban J connectivity index is 1.77. The normalized spacial score (nSPS) is 26.2. The fraction of sp³-hybridized carbons (Fsp3) is 0.727. The van der Waals surface area contributed by atoms with Crippen LogP contribution in [0.4, 0.5) is 20.7 Å². The van der Waals surface area contributed by atoms with Crippen molar-refractivity contribution in [2.45, 2.75) is 24.8 Å². The van der Waals surface area contributed by atoms with Gasteiger partial charge >= 0.3 is 0 Å². The van der Waals surface area contributed by atoms with Gasteiger partial charge in [0.2, 0.25) is 11.9 Å². The summed E-state index contributed by atoms with van der Waals surface area (Å²) in [6.45, 7) is 1.44. The highest BCUT2D eigenvalue weighted by Crippen LogP contribution is 2.29. The molecule has 0 radical (unpaired) electrons. The Morgan fingerprint density at radius 2 is 1.95 bits per heavy atom. The third-order valence-corrected chi connectivity index (χ3v) is 3.51. The molecule has 2 fully saturated rings. The van der Waals surface area contributed by atoms with E-state index in [2.05, 4.69) is 15.0 Å². The quantitative estimate of drug-likeness (QED) is 0.831. The van der Waals surface area contributed by atoms with Crippen molar-refractivity contribution in [1.82, 2.24) is 15.0 Å². The summed E-state index contributed by atoms with van der Waals surface area (Å²) in [6.07, 6.45) is 2.11. The average molecular weight is 270 g/mol. The Hall–Kier alpha value is -1.57. The van der Waals surface area contributed by atoms with Gasteiger partial charge in [-0.2, -0.15) is 4.98 Å². The standard InChI is InChI=1S/C11H16F2N6/c12-11(13)2-4-19(6-11)10-16-7-15-9(17-10)18-3-1-8(14)5-18/h7-8H,1-6,14H2/t8-/m0/s1. The summed E-state index contributed by atoms with van der Waals surface area (Å²) in [6, 6.07) is 0.122. The lowest BCUT2D eigenvalue weighted by Gasteiger charge is -2.19. The van der Waals surface area contributed by atoms with E-state index < -0.39 is 5.92 Å². The van der Waals surface area contributed by atoms with Crippen LogP contribution in [-0.4, -0.2) is 53.1 Å². The number of hydrogen-bond acceptors (Lipinski definition) is 6. The van der Waals surface area contributed by atoms with E-state index in [4.69, 9.17) is 5.73 Å². The average Bonchev–Trinajstić information content (AvgIpc) is 2.96. The molecule has 0 amide bonds. The third kappa shape index (κ3) is 2.58. The molecule has 8 heteroatoms. The van der Waals surface area contributed by atoms with Crippen molar-refractivity contribution in [3.05, 3.63) is 6.33 Å². The topological polar surface area (TPSA) is 71.2 Å². The predicted molar refractivity (Wildman–Crippen MR) is 66.4 cm³/mol. The second-order valence-corrected chi connectivity index (χ2v) is 5.11. The zero-order valence-electron chi connectivity index (χ0n) is 10.5. The van der Waals surface area contributed by atoms with Gasteiger partial charge < -0.3 is 15.5 Å². The fourth-order valence-electron chi connectivity index (χ4n) is 2.46. The number of nitrogens with zero attached hydrogens (tertiary/aromatic N) is 5. The summed E-state index contributed by atoms with van der Waals surface area (Å²) < 4.78 is 26.4. The predicted octanol–water partition coefficient (Wildman–Crippen LogP) is 0.254. The van der Waals surface area contributed by atoms with Crippen LogP contribution >= 0.6 is 0 Å². The van der Waals surface area contributed by atoms with Gasteiger partial charge in [-0.15, -0.1) is 0 Å². The molecule has 2 saturated heterocycles. The number of anilines is 2. The van der Waals surface area contributed by atoms with Crippen LogP contribution in [0.15, 0.2) is 6.33 Å². The number of nitrogens with two attached hydrogens (primary N) is 1. The zero-order chi connectivity index (χ0) is 13.5. The van der Waals surface area contributed by atoms with Gasteiger partial charge in [-0.1, -0.05) is 0 Å². The summed E-state index contributed by atoms with van der Waals surface area (Å²) in [5, 5.41) is 0. The van der Waals surface area contributed by atoms with E-state index in [1.807, 2.05) is 4.90 Å². The summed E-state index contributed by atoms with van der Waals surface area (Å²) in [5.41, 5.74) is 5.84. The van der Waals surface area contributed by atoms with E-state index in [-0.39, 0.29) is 25.6 Å². The zero-order valence-corrected chi connectivity index (χ0v) is 10.5. The van der Waals surface area contributed by atoms with Crippen LogP contribution in [0, 0.1) is 0 Å². The molecule has 1 atom stereocenters. The maximum absolute atomic E-state index is 13.2. The summed E-state index contributed by atoms with van der Waals surface area (Å²) in [5.74, 6) is -1.81. The Labute approximate surface area is 109 Å². The summed E-state index contributed by atoms with van der Waals surface area (Å²) in [7, 11) is 0. The Morgan fingerprint density at radius 3 is 2.53 bits per heavy atom. The van der Waals surface area contributed by atoms with Crippen molar-refractivity contribution < 1.29 is 8.78 Å². The minimum absolute atomic E-state index is 0.122. The van der Waals surface area contributed by atoms with Crippen LogP contribution in [0.2, 0.25) is 0 Å². The molecule has 0 bridgehead atoms. The van der Waals surface area contributed by atoms with Crippen LogP contribution in [0.25, 0.3) is 0 Å². The molecule has 0 unspecified atom stereocenters. The first-order valence-corrected chi connectivity index (χ1v) is 6.36. The molecule has 19 heavy (non-hydrogen) atoms. The van der Waals surface area contributed by atoms with E-state index in [9.17, 15) is 8.78 Å². The second-order valence-electron chi connectivity index (χ2n) is 5.11. The van der Waals surface area contributed by atoms with E-state index >= 15 is 0 Å². The molecule has 6 nitrogen and oxygen atoms in total. The minimum Gasteiger partial charge on any atom is -0.339 e. The van der Waals surface area contributed by atoms with Crippen molar-refractivity contribution in [2.24, 2.45) is 5.73 Å². The molecule has 0 spiro atoms. The molecule has 104 valence electrons. The SMILES string of the molecule is N[C@H]1CCN(c2ncnc(N3CCC(F)(F)C3)n2)C1. The molecule has 1 aromatic heterocycles. The van der Waals surface area contributed by atoms with Crippen LogP contribution in [-0.2, 0) is 0 Å². The van der Waals surface area contributed by atoms with E-state index in [1.165, 1.54) is 11.2 Å². The highest BCUT2D eigenvalue weighted by Gasteiger charge is 2.39. The lowest BCUT2D eigenvalue weighted by atomic mass is 10.3. The van der Waals surface area contributed by atoms with Gasteiger partial charge in [-0.3, -0.25) is 0 Å². The van der Waals surface area contributed by atoms with E-state index in [0.29, 0.717) is 18.4 Å². The smallest absolute Gasteiger partial charge is 0.267 e. The fourth-order valence-corrected chi connectivity index (χ4v) is 2.46. The lowest BCUT2D eigenvalue weighted by Crippen LogP contribution is -2.30. The van der Waals surface area contributed by atoms with Crippen LogP contribution in [0.3, 0.4) is 0 Å². The number of halogens is 2. The van der Waals surface area contributed by atoms with Gasteiger partial charge in [0.25, 0.3) is 5.92 Å². The Bertz CT molecular complexity index is 468. The number of aromatic nitrogens is 3. The first-order chi connectivity index (χ1) is 9.03. The van der Waals surface area contributed by atoms with Crippen molar-refractivity contribution >= 4 is 11.9 Å². The first kappa shape index (κ1) is 12.5. The van der Waals surface area contributed by atoms with Crippen molar-refractivity contribution in [3.63, 3.8) is 0 Å². The molecular weight excluding hydrogens is 254 g/mol. The summed E-state index contributed by atoms with van der Waals surface area (Å²) >= 11 is 0. The second kappa shape index (κ2) is 4.52.